The quantitative estimate of drug-likeness (QED) is 0.212. The van der Waals surface area contributed by atoms with E-state index in [1.165, 1.54) is 66.4 Å². The number of nitrogens with zero attached hydrogens (tertiary/aromatic N) is 2. The Kier molecular flexibility index (Phi) is 5.28. The summed E-state index contributed by atoms with van der Waals surface area (Å²) in [5.41, 5.74) is 15.2. The minimum absolute atomic E-state index is 0.0816. The van der Waals surface area contributed by atoms with Crippen LogP contribution in [0.2, 0.25) is 0 Å². The number of fused-ring (bicyclic) bond motifs is 6. The van der Waals surface area contributed by atoms with Crippen LogP contribution in [0.4, 0.5) is 17.2 Å². The standard InChI is InChI=1S/C42H30N2/c1-42(2)38-18-6-5-15-33(38)34-21-20-29(26-39(34)42)44(40-19-7-8-24-43-40)28-12-9-11-27(25-28)30-22-23-37-32-14-4-3-13-31(32)36-17-10-16-35(30)41(36)37/h3-26H,1-2H3. The molecule has 2 nitrogen and oxygen atoms in total. The number of rotatable bonds is 4. The van der Waals surface area contributed by atoms with Crippen molar-refractivity contribution in [1.29, 1.82) is 0 Å². The molecular formula is C42H30N2. The van der Waals surface area contributed by atoms with Crippen molar-refractivity contribution in [3.05, 3.63) is 157 Å². The van der Waals surface area contributed by atoms with Crippen LogP contribution in [0.5, 0.6) is 0 Å². The highest BCUT2D eigenvalue weighted by Gasteiger charge is 2.35. The van der Waals surface area contributed by atoms with E-state index in [0.717, 1.165) is 17.2 Å². The number of pyridine rings is 1. The van der Waals surface area contributed by atoms with Gasteiger partial charge >= 0.3 is 0 Å². The molecule has 0 aliphatic heterocycles. The largest absolute Gasteiger partial charge is 0.295 e. The van der Waals surface area contributed by atoms with E-state index in [-0.39, 0.29) is 5.41 Å². The van der Waals surface area contributed by atoms with Crippen molar-refractivity contribution in [3.8, 4) is 44.5 Å². The molecule has 0 unspecified atom stereocenters. The highest BCUT2D eigenvalue weighted by molar-refractivity contribution is 6.18. The molecule has 2 aliphatic rings. The smallest absolute Gasteiger partial charge is 0.137 e. The van der Waals surface area contributed by atoms with Crippen LogP contribution in [-0.4, -0.2) is 4.98 Å². The fourth-order valence-electron chi connectivity index (χ4n) is 7.60. The van der Waals surface area contributed by atoms with Crippen molar-refractivity contribution in [2.24, 2.45) is 0 Å². The molecule has 9 rings (SSSR count). The van der Waals surface area contributed by atoms with Crippen LogP contribution >= 0.6 is 0 Å². The van der Waals surface area contributed by atoms with Gasteiger partial charge in [-0.1, -0.05) is 117 Å². The lowest BCUT2D eigenvalue weighted by molar-refractivity contribution is 0.660. The van der Waals surface area contributed by atoms with E-state index in [4.69, 9.17) is 4.98 Å². The van der Waals surface area contributed by atoms with Gasteiger partial charge in [0.25, 0.3) is 0 Å². The molecule has 0 saturated carbocycles. The van der Waals surface area contributed by atoms with Gasteiger partial charge < -0.3 is 0 Å². The Morgan fingerprint density at radius 3 is 1.93 bits per heavy atom. The Balaban J connectivity index is 1.21. The zero-order valence-corrected chi connectivity index (χ0v) is 24.8. The van der Waals surface area contributed by atoms with E-state index in [1.54, 1.807) is 0 Å². The molecule has 0 spiro atoms. The van der Waals surface area contributed by atoms with Gasteiger partial charge in [0.1, 0.15) is 5.82 Å². The molecule has 0 fully saturated rings. The van der Waals surface area contributed by atoms with Gasteiger partial charge in [0.15, 0.2) is 0 Å². The maximum absolute atomic E-state index is 4.83. The lowest BCUT2D eigenvalue weighted by Crippen LogP contribution is -2.17. The number of hydrogen-bond donors (Lipinski definition) is 0. The van der Waals surface area contributed by atoms with Gasteiger partial charge in [0.05, 0.1) is 0 Å². The van der Waals surface area contributed by atoms with Crippen LogP contribution in [0.25, 0.3) is 55.3 Å². The molecule has 7 aromatic rings. The minimum atomic E-state index is -0.0816. The number of aromatic nitrogens is 1. The summed E-state index contributed by atoms with van der Waals surface area (Å²) in [7, 11) is 0. The Labute approximate surface area is 257 Å². The molecular weight excluding hydrogens is 532 g/mol. The summed E-state index contributed by atoms with van der Waals surface area (Å²) in [6.45, 7) is 4.67. The molecule has 6 aromatic carbocycles. The summed E-state index contributed by atoms with van der Waals surface area (Å²) in [6.07, 6.45) is 1.88. The van der Waals surface area contributed by atoms with Gasteiger partial charge in [-0.15, -0.1) is 0 Å². The highest BCUT2D eigenvalue weighted by Crippen LogP contribution is 2.51. The zero-order chi connectivity index (χ0) is 29.4. The van der Waals surface area contributed by atoms with E-state index in [9.17, 15) is 0 Å². The zero-order valence-electron chi connectivity index (χ0n) is 24.8. The van der Waals surface area contributed by atoms with E-state index >= 15 is 0 Å². The monoisotopic (exact) mass is 562 g/mol. The molecule has 208 valence electrons. The second-order valence-electron chi connectivity index (χ2n) is 12.4. The molecule has 0 saturated heterocycles. The third-order valence-corrected chi connectivity index (χ3v) is 9.67. The Hall–Kier alpha value is -5.47. The molecule has 0 bridgehead atoms. The van der Waals surface area contributed by atoms with E-state index in [2.05, 4.69) is 152 Å². The summed E-state index contributed by atoms with van der Waals surface area (Å²) in [4.78, 5) is 7.12. The molecule has 1 aromatic heterocycles. The average molecular weight is 563 g/mol. The van der Waals surface area contributed by atoms with Gasteiger partial charge in [-0.25, -0.2) is 4.98 Å². The van der Waals surface area contributed by atoms with Crippen molar-refractivity contribution in [1.82, 2.24) is 4.98 Å². The van der Waals surface area contributed by atoms with Crippen LogP contribution in [-0.2, 0) is 5.41 Å². The van der Waals surface area contributed by atoms with Crippen LogP contribution in [0.1, 0.15) is 25.0 Å². The lowest BCUT2D eigenvalue weighted by atomic mass is 9.82. The van der Waals surface area contributed by atoms with Crippen molar-refractivity contribution in [2.75, 3.05) is 4.90 Å². The number of hydrogen-bond acceptors (Lipinski definition) is 2. The first kappa shape index (κ1) is 25.1. The molecule has 0 N–H and O–H groups in total. The van der Waals surface area contributed by atoms with Crippen molar-refractivity contribution in [3.63, 3.8) is 0 Å². The Bertz CT molecular complexity index is 2230. The van der Waals surface area contributed by atoms with Crippen LogP contribution in [0, 0.1) is 0 Å². The normalized spacial score (nSPS) is 13.4. The number of anilines is 3. The first-order valence-electron chi connectivity index (χ1n) is 15.3. The maximum atomic E-state index is 4.83. The lowest BCUT2D eigenvalue weighted by Gasteiger charge is -2.27. The van der Waals surface area contributed by atoms with Crippen LogP contribution in [0.15, 0.2) is 146 Å². The van der Waals surface area contributed by atoms with Crippen molar-refractivity contribution >= 4 is 28.0 Å². The van der Waals surface area contributed by atoms with Gasteiger partial charge in [-0.3, -0.25) is 4.90 Å². The summed E-state index contributed by atoms with van der Waals surface area (Å²) < 4.78 is 0. The molecule has 2 heteroatoms. The predicted octanol–water partition coefficient (Wildman–Crippen LogP) is 11.3. The molecule has 0 atom stereocenters. The second kappa shape index (κ2) is 9.26. The van der Waals surface area contributed by atoms with Crippen molar-refractivity contribution in [2.45, 2.75) is 19.3 Å². The minimum Gasteiger partial charge on any atom is -0.295 e. The van der Waals surface area contributed by atoms with Gasteiger partial charge in [0, 0.05) is 23.0 Å². The first-order chi connectivity index (χ1) is 21.6. The molecule has 44 heavy (non-hydrogen) atoms. The molecule has 1 heterocycles. The average Bonchev–Trinajstić information content (AvgIpc) is 3.52. The summed E-state index contributed by atoms with van der Waals surface area (Å²) in [6, 6.07) is 50.8. The second-order valence-corrected chi connectivity index (χ2v) is 12.4. The van der Waals surface area contributed by atoms with E-state index in [1.807, 2.05) is 12.3 Å². The SMILES string of the molecule is CC1(C)c2ccccc2-c2ccc(N(c3cccc(-c4ccc5c6c(cccc46)-c4ccccc4-5)c3)c3ccccn3)cc21. The van der Waals surface area contributed by atoms with Crippen LogP contribution in [0.3, 0.4) is 0 Å². The fraction of sp³-hybridized carbons (Fsp3) is 0.0714. The van der Waals surface area contributed by atoms with E-state index in [0.29, 0.717) is 0 Å². The van der Waals surface area contributed by atoms with Gasteiger partial charge in [-0.2, -0.15) is 0 Å². The summed E-state index contributed by atoms with van der Waals surface area (Å²) in [5.74, 6) is 0.897. The third kappa shape index (κ3) is 3.52. The fourth-order valence-corrected chi connectivity index (χ4v) is 7.60. The van der Waals surface area contributed by atoms with Crippen LogP contribution < -0.4 is 4.90 Å². The molecule has 0 amide bonds. The Morgan fingerprint density at radius 1 is 0.477 bits per heavy atom. The third-order valence-electron chi connectivity index (χ3n) is 9.67. The maximum Gasteiger partial charge on any atom is 0.137 e. The molecule has 0 radical (unpaired) electrons. The Morgan fingerprint density at radius 2 is 1.11 bits per heavy atom. The topological polar surface area (TPSA) is 16.1 Å². The van der Waals surface area contributed by atoms with E-state index < -0.39 is 0 Å². The van der Waals surface area contributed by atoms with Crippen molar-refractivity contribution < 1.29 is 0 Å². The summed E-state index contributed by atoms with van der Waals surface area (Å²) in [5, 5.41) is 2.63. The summed E-state index contributed by atoms with van der Waals surface area (Å²) >= 11 is 0. The number of benzene rings is 6. The predicted molar refractivity (Wildman–Crippen MR) is 184 cm³/mol. The van der Waals surface area contributed by atoms with Gasteiger partial charge in [-0.05, 0) is 103 Å². The first-order valence-corrected chi connectivity index (χ1v) is 15.3. The highest BCUT2D eigenvalue weighted by atomic mass is 15.2. The van der Waals surface area contributed by atoms with Gasteiger partial charge in [0.2, 0.25) is 0 Å². The molecule has 2 aliphatic carbocycles.